The average Bonchev–Trinajstić information content (AvgIpc) is 2.50. The molecule has 2 saturated heterocycles. The third kappa shape index (κ3) is 3.26. The van der Waals surface area contributed by atoms with Crippen LogP contribution in [0.2, 0.25) is 0 Å². The van der Waals surface area contributed by atoms with Crippen LogP contribution in [0.3, 0.4) is 0 Å². The molecule has 0 aromatic rings. The topological polar surface area (TPSA) is 169 Å². The molecule has 10 heteroatoms. The van der Waals surface area contributed by atoms with Gasteiger partial charge in [-0.05, 0) is 6.92 Å². The van der Waals surface area contributed by atoms with Crippen LogP contribution < -0.4 is 0 Å². The highest BCUT2D eigenvalue weighted by atomic mass is 16.7. The Morgan fingerprint density at radius 2 is 1.45 bits per heavy atom. The monoisotopic (exact) mass is 326 g/mol. The van der Waals surface area contributed by atoms with E-state index >= 15 is 0 Å². The molecule has 0 radical (unpaired) electrons. The Bertz CT molecular complexity index is 366. The third-order valence-electron chi connectivity index (χ3n) is 3.94. The molecule has 0 aromatic heterocycles. The molecule has 2 heterocycles. The van der Waals surface area contributed by atoms with Crippen molar-refractivity contribution in [3.63, 3.8) is 0 Å². The van der Waals surface area contributed by atoms with Gasteiger partial charge in [-0.15, -0.1) is 0 Å². The summed E-state index contributed by atoms with van der Waals surface area (Å²) in [6.45, 7) is 0.821. The lowest BCUT2D eigenvalue weighted by Gasteiger charge is -2.44. The lowest BCUT2D eigenvalue weighted by atomic mass is 9.97. The molecule has 22 heavy (non-hydrogen) atoms. The quantitative estimate of drug-likeness (QED) is 0.269. The summed E-state index contributed by atoms with van der Waals surface area (Å²) in [7, 11) is 0. The van der Waals surface area contributed by atoms with Crippen LogP contribution in [0.4, 0.5) is 0 Å². The number of ether oxygens (including phenoxy) is 3. The fraction of sp³-hybridized carbons (Fsp3) is 1.00. The number of hydrogen-bond acceptors (Lipinski definition) is 10. The lowest BCUT2D eigenvalue weighted by molar-refractivity contribution is -0.352. The van der Waals surface area contributed by atoms with Crippen molar-refractivity contribution in [3.05, 3.63) is 0 Å². The van der Waals surface area contributed by atoms with Crippen molar-refractivity contribution < 1.29 is 50.0 Å². The van der Waals surface area contributed by atoms with E-state index in [4.69, 9.17) is 14.2 Å². The molecule has 2 aliphatic rings. The average molecular weight is 326 g/mol. The molecular formula is C12H22O10. The maximum atomic E-state index is 9.93. The smallest absolute Gasteiger partial charge is 0.187 e. The predicted molar refractivity (Wildman–Crippen MR) is 67.2 cm³/mol. The van der Waals surface area contributed by atoms with Gasteiger partial charge in [0.1, 0.15) is 42.7 Å². The molecule has 10 nitrogen and oxygen atoms in total. The first-order valence-corrected chi connectivity index (χ1v) is 6.93. The van der Waals surface area contributed by atoms with Crippen LogP contribution in [-0.2, 0) is 14.2 Å². The zero-order chi connectivity index (χ0) is 16.6. The molecule has 0 spiro atoms. The Balaban J connectivity index is 2.10. The molecule has 130 valence electrons. The summed E-state index contributed by atoms with van der Waals surface area (Å²) in [5.41, 5.74) is 0. The fourth-order valence-corrected chi connectivity index (χ4v) is 2.52. The van der Waals surface area contributed by atoms with Gasteiger partial charge >= 0.3 is 0 Å². The van der Waals surface area contributed by atoms with Crippen molar-refractivity contribution in [2.45, 2.75) is 68.3 Å². The minimum Gasteiger partial charge on any atom is -0.394 e. The van der Waals surface area contributed by atoms with Crippen molar-refractivity contribution in [1.82, 2.24) is 0 Å². The predicted octanol–water partition coefficient (Wildman–Crippen LogP) is -4.37. The van der Waals surface area contributed by atoms with E-state index in [0.717, 1.165) is 0 Å². The van der Waals surface area contributed by atoms with Crippen molar-refractivity contribution in [2.24, 2.45) is 0 Å². The molecule has 0 aromatic carbocycles. The van der Waals surface area contributed by atoms with Crippen LogP contribution in [0.1, 0.15) is 6.92 Å². The van der Waals surface area contributed by atoms with Crippen molar-refractivity contribution in [3.8, 4) is 0 Å². The van der Waals surface area contributed by atoms with E-state index < -0.39 is 68.0 Å². The van der Waals surface area contributed by atoms with E-state index in [1.165, 1.54) is 6.92 Å². The van der Waals surface area contributed by atoms with E-state index in [1.54, 1.807) is 0 Å². The molecule has 7 N–H and O–H groups in total. The second kappa shape index (κ2) is 7.01. The van der Waals surface area contributed by atoms with Crippen LogP contribution in [0.5, 0.6) is 0 Å². The van der Waals surface area contributed by atoms with Gasteiger partial charge in [0.15, 0.2) is 12.6 Å². The number of aliphatic hydroxyl groups is 7. The maximum absolute atomic E-state index is 9.93. The molecule has 0 amide bonds. The highest BCUT2D eigenvalue weighted by molar-refractivity contribution is 4.93. The van der Waals surface area contributed by atoms with Gasteiger partial charge in [0.25, 0.3) is 0 Å². The van der Waals surface area contributed by atoms with Gasteiger partial charge in [-0.25, -0.2) is 0 Å². The first kappa shape index (κ1) is 17.9. The summed E-state index contributed by atoms with van der Waals surface area (Å²) >= 11 is 0. The number of rotatable bonds is 3. The zero-order valence-electron chi connectivity index (χ0n) is 11.8. The van der Waals surface area contributed by atoms with Crippen LogP contribution in [0, 0.1) is 0 Å². The van der Waals surface area contributed by atoms with E-state index in [1.807, 2.05) is 0 Å². The molecule has 0 bridgehead atoms. The minimum absolute atomic E-state index is 0.630. The van der Waals surface area contributed by atoms with Crippen LogP contribution >= 0.6 is 0 Å². The molecule has 10 atom stereocenters. The molecular weight excluding hydrogens is 304 g/mol. The van der Waals surface area contributed by atoms with E-state index in [-0.39, 0.29) is 0 Å². The maximum Gasteiger partial charge on any atom is 0.187 e. The molecule has 0 aliphatic carbocycles. The van der Waals surface area contributed by atoms with Gasteiger partial charge in [-0.1, -0.05) is 0 Å². The second-order valence-electron chi connectivity index (χ2n) is 5.51. The number of hydrogen-bond donors (Lipinski definition) is 7. The molecule has 2 aliphatic heterocycles. The van der Waals surface area contributed by atoms with Crippen molar-refractivity contribution in [2.75, 3.05) is 6.61 Å². The van der Waals surface area contributed by atoms with E-state index in [9.17, 15) is 35.7 Å². The normalized spacial score (nSPS) is 53.5. The first-order valence-electron chi connectivity index (χ1n) is 6.93. The van der Waals surface area contributed by atoms with Gasteiger partial charge in [0.05, 0.1) is 12.7 Å². The Labute approximate surface area is 126 Å². The SMILES string of the molecule is C[C@@H]1O[C@H](O[C@H]2[C@H](O)[C@@H](O)[C@H](O)O[C@@H]2CO)[C@@H](O)[C@H](O)[C@H]1O. The molecule has 0 saturated carbocycles. The summed E-state index contributed by atoms with van der Waals surface area (Å²) in [6, 6.07) is 0. The standard InChI is InChI=1S/C12H22O10/c1-3-5(14)6(15)9(18)12(20-3)22-10-4(2-13)21-11(19)8(17)7(10)16/h3-19H,2H2,1H3/t3-,4+,5-,6+,7+,8+,9-,10+,11+,12+/m0/s1. The van der Waals surface area contributed by atoms with Gasteiger partial charge in [-0.2, -0.15) is 0 Å². The van der Waals surface area contributed by atoms with Crippen LogP contribution in [0.15, 0.2) is 0 Å². The van der Waals surface area contributed by atoms with Gasteiger partial charge < -0.3 is 50.0 Å². The van der Waals surface area contributed by atoms with E-state index in [2.05, 4.69) is 0 Å². The second-order valence-corrected chi connectivity index (χ2v) is 5.51. The molecule has 2 rings (SSSR count). The molecule has 2 fully saturated rings. The summed E-state index contributed by atoms with van der Waals surface area (Å²) in [4.78, 5) is 0. The highest BCUT2D eigenvalue weighted by Gasteiger charge is 2.49. The van der Waals surface area contributed by atoms with Crippen molar-refractivity contribution in [1.29, 1.82) is 0 Å². The first-order chi connectivity index (χ1) is 10.3. The summed E-state index contributed by atoms with van der Waals surface area (Å²) in [5.74, 6) is 0. The van der Waals surface area contributed by atoms with Crippen LogP contribution in [-0.4, -0.2) is 104 Å². The lowest BCUT2D eigenvalue weighted by Crippen LogP contribution is -2.63. The Morgan fingerprint density at radius 1 is 0.818 bits per heavy atom. The largest absolute Gasteiger partial charge is 0.394 e. The Morgan fingerprint density at radius 3 is 2.05 bits per heavy atom. The Hall–Kier alpha value is -0.400. The van der Waals surface area contributed by atoms with E-state index in [0.29, 0.717) is 0 Å². The fourth-order valence-electron chi connectivity index (χ4n) is 2.52. The highest BCUT2D eigenvalue weighted by Crippen LogP contribution is 2.28. The molecule has 0 unspecified atom stereocenters. The summed E-state index contributed by atoms with van der Waals surface area (Å²) in [5, 5.41) is 67.3. The number of aliphatic hydroxyl groups excluding tert-OH is 7. The minimum atomic E-state index is -1.70. The van der Waals surface area contributed by atoms with Gasteiger partial charge in [0.2, 0.25) is 0 Å². The van der Waals surface area contributed by atoms with Gasteiger partial charge in [-0.3, -0.25) is 0 Å². The van der Waals surface area contributed by atoms with Crippen molar-refractivity contribution >= 4 is 0 Å². The summed E-state index contributed by atoms with van der Waals surface area (Å²) < 4.78 is 15.4. The van der Waals surface area contributed by atoms with Gasteiger partial charge in [0, 0.05) is 0 Å². The zero-order valence-corrected chi connectivity index (χ0v) is 11.8. The third-order valence-corrected chi connectivity index (χ3v) is 3.94. The summed E-state index contributed by atoms with van der Waals surface area (Å²) in [6.07, 6.45) is -14.2. The Kier molecular flexibility index (Phi) is 5.72. The van der Waals surface area contributed by atoms with Crippen LogP contribution in [0.25, 0.3) is 0 Å².